The number of nitrogens with one attached hydrogen (secondary N) is 1. The molecule has 5 aromatic rings. The number of hydrogen-bond donors (Lipinski definition) is 1. The molecule has 0 bridgehead atoms. The summed E-state index contributed by atoms with van der Waals surface area (Å²) in [5.41, 5.74) is 9.50. The molecule has 37 heavy (non-hydrogen) atoms. The van der Waals surface area contributed by atoms with Crippen LogP contribution in [-0.4, -0.2) is 17.5 Å². The second kappa shape index (κ2) is 9.94. The number of amides is 1. The van der Waals surface area contributed by atoms with Crippen LogP contribution in [-0.2, 0) is 4.79 Å². The van der Waals surface area contributed by atoms with Crippen LogP contribution in [0, 0.1) is 20.8 Å². The number of allylic oxidation sites excluding steroid dienone is 1. The Bertz CT molecular complexity index is 1670. The van der Waals surface area contributed by atoms with Gasteiger partial charge in [0.1, 0.15) is 11.3 Å². The fourth-order valence-electron chi connectivity index (χ4n) is 4.92. The minimum absolute atomic E-state index is 0.212. The number of carbonyl (C=O) groups excluding carboxylic acids is 1. The summed E-state index contributed by atoms with van der Waals surface area (Å²) in [6, 6.07) is 18.0. The molecule has 0 saturated carbocycles. The highest BCUT2D eigenvalue weighted by Gasteiger charge is 2.20. The molecule has 2 aromatic heterocycles. The quantitative estimate of drug-likeness (QED) is 0.245. The van der Waals surface area contributed by atoms with Crippen LogP contribution in [0.3, 0.4) is 0 Å². The van der Waals surface area contributed by atoms with Gasteiger partial charge in [-0.2, -0.15) is 0 Å². The van der Waals surface area contributed by atoms with Crippen LogP contribution in [0.4, 0.5) is 5.69 Å². The van der Waals surface area contributed by atoms with Crippen LogP contribution < -0.4 is 10.1 Å². The smallest absolute Gasteiger partial charge is 0.248 e. The fourth-order valence-corrected chi connectivity index (χ4v) is 4.92. The van der Waals surface area contributed by atoms with Crippen LogP contribution in [0.5, 0.6) is 5.75 Å². The molecule has 1 amide bonds. The SMILES string of the molecule is CCOc1c(/C(C)=C/C(=O)Nc2cccc3ncccc23)cc2c(-c3ccc(C)cc3C)coc2c1C. The van der Waals surface area contributed by atoms with E-state index < -0.39 is 0 Å². The lowest BCUT2D eigenvalue weighted by atomic mass is 9.94. The van der Waals surface area contributed by atoms with E-state index in [1.807, 2.05) is 57.4 Å². The van der Waals surface area contributed by atoms with E-state index in [-0.39, 0.29) is 5.91 Å². The van der Waals surface area contributed by atoms with Crippen molar-refractivity contribution in [2.45, 2.75) is 34.6 Å². The lowest BCUT2D eigenvalue weighted by molar-refractivity contribution is -0.111. The number of hydrogen-bond acceptors (Lipinski definition) is 4. The molecular weight excluding hydrogens is 460 g/mol. The molecule has 186 valence electrons. The van der Waals surface area contributed by atoms with Crippen molar-refractivity contribution in [2.75, 3.05) is 11.9 Å². The van der Waals surface area contributed by atoms with Gasteiger partial charge in [0, 0.05) is 39.7 Å². The van der Waals surface area contributed by atoms with Crippen LogP contribution in [0.2, 0.25) is 0 Å². The van der Waals surface area contributed by atoms with Gasteiger partial charge in [-0.15, -0.1) is 0 Å². The summed E-state index contributed by atoms with van der Waals surface area (Å²) in [5.74, 6) is 0.517. The van der Waals surface area contributed by atoms with Gasteiger partial charge in [0.15, 0.2) is 0 Å². The maximum Gasteiger partial charge on any atom is 0.248 e. The predicted octanol–water partition coefficient (Wildman–Crippen LogP) is 8.01. The molecule has 5 nitrogen and oxygen atoms in total. The molecule has 5 heteroatoms. The number of nitrogens with zero attached hydrogens (tertiary/aromatic N) is 1. The van der Waals surface area contributed by atoms with E-state index in [2.05, 4.69) is 48.4 Å². The molecule has 0 saturated heterocycles. The largest absolute Gasteiger partial charge is 0.493 e. The number of pyridine rings is 1. The summed E-state index contributed by atoms with van der Waals surface area (Å²) >= 11 is 0. The molecule has 0 atom stereocenters. The van der Waals surface area contributed by atoms with Gasteiger partial charge in [-0.3, -0.25) is 9.78 Å². The Hall–Kier alpha value is -4.38. The second-order valence-corrected chi connectivity index (χ2v) is 9.35. The first-order valence-electron chi connectivity index (χ1n) is 12.5. The Labute approximate surface area is 216 Å². The zero-order valence-electron chi connectivity index (χ0n) is 21.8. The van der Waals surface area contributed by atoms with Crippen molar-refractivity contribution in [3.63, 3.8) is 0 Å². The number of fused-ring (bicyclic) bond motifs is 2. The number of anilines is 1. The zero-order chi connectivity index (χ0) is 26.1. The summed E-state index contributed by atoms with van der Waals surface area (Å²) in [6.45, 7) is 10.6. The first kappa shape index (κ1) is 24.3. The van der Waals surface area contributed by atoms with Crippen LogP contribution in [0.25, 0.3) is 38.6 Å². The van der Waals surface area contributed by atoms with E-state index in [0.717, 1.165) is 61.1 Å². The number of carbonyl (C=O) groups is 1. The maximum atomic E-state index is 13.1. The normalized spacial score (nSPS) is 11.8. The van der Waals surface area contributed by atoms with Crippen molar-refractivity contribution in [1.29, 1.82) is 0 Å². The summed E-state index contributed by atoms with van der Waals surface area (Å²) in [6.07, 6.45) is 5.18. The lowest BCUT2D eigenvalue weighted by Crippen LogP contribution is -2.09. The van der Waals surface area contributed by atoms with Crippen molar-refractivity contribution in [2.24, 2.45) is 0 Å². The van der Waals surface area contributed by atoms with Crippen molar-refractivity contribution in [3.8, 4) is 16.9 Å². The number of benzene rings is 3. The molecule has 0 radical (unpaired) electrons. The van der Waals surface area contributed by atoms with E-state index in [1.165, 1.54) is 11.1 Å². The average molecular weight is 491 g/mol. The molecule has 0 aliphatic rings. The summed E-state index contributed by atoms with van der Waals surface area (Å²) in [4.78, 5) is 17.5. The highest BCUT2D eigenvalue weighted by molar-refractivity contribution is 6.09. The van der Waals surface area contributed by atoms with Gasteiger partial charge in [-0.25, -0.2) is 0 Å². The molecule has 0 aliphatic carbocycles. The highest BCUT2D eigenvalue weighted by Crippen LogP contribution is 2.41. The van der Waals surface area contributed by atoms with E-state index >= 15 is 0 Å². The summed E-state index contributed by atoms with van der Waals surface area (Å²) in [7, 11) is 0. The van der Waals surface area contributed by atoms with Crippen molar-refractivity contribution >= 4 is 39.0 Å². The van der Waals surface area contributed by atoms with Crippen LogP contribution >= 0.6 is 0 Å². The van der Waals surface area contributed by atoms with E-state index in [1.54, 1.807) is 12.3 Å². The third kappa shape index (κ3) is 4.60. The van der Waals surface area contributed by atoms with E-state index in [9.17, 15) is 4.79 Å². The summed E-state index contributed by atoms with van der Waals surface area (Å²) in [5, 5.41) is 4.91. The van der Waals surface area contributed by atoms with Crippen LogP contribution in [0.15, 0.2) is 77.6 Å². The first-order chi connectivity index (χ1) is 17.9. The summed E-state index contributed by atoms with van der Waals surface area (Å²) < 4.78 is 12.1. The van der Waals surface area contributed by atoms with Crippen molar-refractivity contribution in [3.05, 3.63) is 95.4 Å². The van der Waals surface area contributed by atoms with Gasteiger partial charge >= 0.3 is 0 Å². The molecule has 0 spiro atoms. The second-order valence-electron chi connectivity index (χ2n) is 9.35. The first-order valence-corrected chi connectivity index (χ1v) is 12.5. The number of rotatable bonds is 6. The van der Waals surface area contributed by atoms with Gasteiger partial charge < -0.3 is 14.5 Å². The van der Waals surface area contributed by atoms with Gasteiger partial charge in [-0.1, -0.05) is 29.8 Å². The number of furan rings is 1. The van der Waals surface area contributed by atoms with E-state index in [0.29, 0.717) is 6.61 Å². The third-order valence-corrected chi connectivity index (χ3v) is 6.68. The Morgan fingerprint density at radius 1 is 1.03 bits per heavy atom. The van der Waals surface area contributed by atoms with Gasteiger partial charge in [0.25, 0.3) is 0 Å². The van der Waals surface area contributed by atoms with E-state index in [4.69, 9.17) is 9.15 Å². The average Bonchev–Trinajstić information content (AvgIpc) is 3.30. The number of aryl methyl sites for hydroxylation is 3. The predicted molar refractivity (Wildman–Crippen MR) is 151 cm³/mol. The third-order valence-electron chi connectivity index (χ3n) is 6.68. The minimum Gasteiger partial charge on any atom is -0.493 e. The van der Waals surface area contributed by atoms with Gasteiger partial charge in [0.05, 0.1) is 24.1 Å². The molecular formula is C32H30N2O3. The van der Waals surface area contributed by atoms with Crippen molar-refractivity contribution in [1.82, 2.24) is 4.98 Å². The molecule has 0 unspecified atom stereocenters. The Balaban J connectivity index is 1.58. The van der Waals surface area contributed by atoms with Gasteiger partial charge in [0.2, 0.25) is 5.91 Å². The number of ether oxygens (including phenoxy) is 1. The molecule has 0 fully saturated rings. The Morgan fingerprint density at radius 2 is 1.86 bits per heavy atom. The van der Waals surface area contributed by atoms with Crippen molar-refractivity contribution < 1.29 is 13.9 Å². The molecule has 5 rings (SSSR count). The standard InChI is InChI=1S/C32H30N2O3/c1-6-36-31-22(5)32-26(27(18-37-32)23-13-12-19(2)15-20(23)3)17-25(31)21(4)16-30(35)34-29-11-7-10-28-24(29)9-8-14-33-28/h7-18H,6H2,1-5H3,(H,34,35)/b21-16+. The maximum absolute atomic E-state index is 13.1. The minimum atomic E-state index is -0.212. The molecule has 3 aromatic carbocycles. The Kier molecular flexibility index (Phi) is 6.53. The molecule has 2 heterocycles. The Morgan fingerprint density at radius 3 is 2.65 bits per heavy atom. The zero-order valence-corrected chi connectivity index (χ0v) is 21.8. The molecule has 0 aliphatic heterocycles. The monoisotopic (exact) mass is 490 g/mol. The highest BCUT2D eigenvalue weighted by atomic mass is 16.5. The van der Waals surface area contributed by atoms with Gasteiger partial charge in [-0.05, 0) is 81.7 Å². The fraction of sp³-hybridized carbons (Fsp3) is 0.188. The molecule has 1 N–H and O–H groups in total. The lowest BCUT2D eigenvalue weighted by Gasteiger charge is -2.15. The van der Waals surface area contributed by atoms with Crippen LogP contribution in [0.1, 0.15) is 36.1 Å². The topological polar surface area (TPSA) is 64.4 Å². The number of aromatic nitrogens is 1.